The van der Waals surface area contributed by atoms with E-state index in [1.54, 1.807) is 37.4 Å². The maximum Gasteiger partial charge on any atom is 0.333 e. The Bertz CT molecular complexity index is 716. The molecule has 31 heavy (non-hydrogen) atoms. The molecule has 3 atom stereocenters. The van der Waals surface area contributed by atoms with Gasteiger partial charge in [-0.1, -0.05) is 12.8 Å². The van der Waals surface area contributed by atoms with Crippen LogP contribution in [0.5, 0.6) is 0 Å². The molecule has 0 aromatic heterocycles. The molecule has 0 spiro atoms. The van der Waals surface area contributed by atoms with Gasteiger partial charge in [-0.05, 0) is 47.5 Å². The van der Waals surface area contributed by atoms with Crippen LogP contribution in [-0.2, 0) is 23.9 Å². The summed E-state index contributed by atoms with van der Waals surface area (Å²) in [5.41, 5.74) is -0.675. The maximum absolute atomic E-state index is 12.8. The van der Waals surface area contributed by atoms with Crippen LogP contribution in [0.2, 0.25) is 0 Å². The number of carbonyl (C=O) groups is 3. The van der Waals surface area contributed by atoms with Crippen LogP contribution in [-0.4, -0.2) is 76.1 Å². The average Bonchev–Trinajstić information content (AvgIpc) is 2.80. The van der Waals surface area contributed by atoms with Gasteiger partial charge in [-0.25, -0.2) is 4.79 Å². The molecule has 8 nitrogen and oxygen atoms in total. The van der Waals surface area contributed by atoms with Gasteiger partial charge in [-0.3, -0.25) is 14.6 Å². The van der Waals surface area contributed by atoms with Crippen molar-refractivity contribution in [1.82, 2.24) is 9.80 Å². The Kier molecular flexibility index (Phi) is 8.30. The van der Waals surface area contributed by atoms with Gasteiger partial charge in [0, 0.05) is 17.8 Å². The van der Waals surface area contributed by atoms with Gasteiger partial charge in [-0.2, -0.15) is 0 Å². The Morgan fingerprint density at radius 2 is 1.77 bits per heavy atom. The summed E-state index contributed by atoms with van der Waals surface area (Å²) in [6.07, 6.45) is 6.59. The van der Waals surface area contributed by atoms with Crippen LogP contribution < -0.4 is 12.4 Å². The van der Waals surface area contributed by atoms with Crippen molar-refractivity contribution in [2.75, 3.05) is 19.9 Å². The number of likely N-dealkylation sites (tertiary alicyclic amines) is 1. The molecule has 10 heteroatoms. The minimum atomic E-state index is -0.724. The molecule has 0 aromatic carbocycles. The highest BCUT2D eigenvalue weighted by molar-refractivity contribution is 8.01. The molecule has 0 N–H and O–H groups in total. The summed E-state index contributed by atoms with van der Waals surface area (Å²) in [4.78, 5) is 45.7. The first-order valence-electron chi connectivity index (χ1n) is 10.6. The largest absolute Gasteiger partial charge is 1.00 e. The third kappa shape index (κ3) is 5.66. The van der Waals surface area contributed by atoms with Crippen LogP contribution in [0.4, 0.5) is 0 Å². The van der Waals surface area contributed by atoms with Gasteiger partial charge < -0.3 is 31.7 Å². The number of thioether (sulfide) groups is 1. The highest BCUT2D eigenvalue weighted by Crippen LogP contribution is 2.51. The fraction of sp³-hybridized carbons (Fsp3) is 0.810. The molecule has 3 rings (SSSR count). The molecule has 3 saturated heterocycles. The highest BCUT2D eigenvalue weighted by Gasteiger charge is 2.64. The average molecular weight is 475 g/mol. The second-order valence-electron chi connectivity index (χ2n) is 9.68. The molecule has 0 radical (unpaired) electrons. The van der Waals surface area contributed by atoms with Crippen molar-refractivity contribution >= 4 is 35.9 Å². The number of carbonyl (C=O) groups excluding carboxylic acids is 3. The van der Waals surface area contributed by atoms with Crippen LogP contribution in [0.3, 0.4) is 0 Å². The van der Waals surface area contributed by atoms with Gasteiger partial charge in [0.25, 0.3) is 5.91 Å². The normalized spacial score (nSPS) is 27.8. The highest BCUT2D eigenvalue weighted by atomic mass is 35.5. The van der Waals surface area contributed by atoms with E-state index in [4.69, 9.17) is 9.47 Å². The van der Waals surface area contributed by atoms with E-state index in [0.29, 0.717) is 0 Å². The molecule has 0 saturated carbocycles. The van der Waals surface area contributed by atoms with Crippen molar-refractivity contribution in [3.63, 3.8) is 0 Å². The lowest BCUT2D eigenvalue weighted by Crippen LogP contribution is -3.00. The van der Waals surface area contributed by atoms with Crippen molar-refractivity contribution in [2.45, 2.75) is 82.5 Å². The first-order chi connectivity index (χ1) is 14.0. The first-order valence-corrected chi connectivity index (χ1v) is 11.5. The molecule has 3 aliphatic heterocycles. The van der Waals surface area contributed by atoms with E-state index in [-0.39, 0.29) is 23.7 Å². The second-order valence-corrected chi connectivity index (χ2v) is 11.5. The molecular formula is C21H33ClN3O5S-. The lowest BCUT2D eigenvalue weighted by Gasteiger charge is -2.41. The van der Waals surface area contributed by atoms with Crippen molar-refractivity contribution in [3.05, 3.63) is 0 Å². The van der Waals surface area contributed by atoms with Crippen LogP contribution >= 0.6 is 11.8 Å². The van der Waals surface area contributed by atoms with E-state index in [1.807, 2.05) is 20.2 Å². The summed E-state index contributed by atoms with van der Waals surface area (Å²) in [5.74, 6) is -1.16. The quantitative estimate of drug-likeness (QED) is 0.173. The number of esters is 2. The van der Waals surface area contributed by atoms with E-state index in [9.17, 15) is 14.4 Å². The van der Waals surface area contributed by atoms with Crippen molar-refractivity contribution in [3.8, 4) is 0 Å². The number of hydrogen-bond donors (Lipinski definition) is 0. The van der Waals surface area contributed by atoms with Crippen molar-refractivity contribution in [1.29, 1.82) is 0 Å². The van der Waals surface area contributed by atoms with E-state index in [1.165, 1.54) is 12.8 Å². The zero-order valence-electron chi connectivity index (χ0n) is 18.9. The van der Waals surface area contributed by atoms with Crippen LogP contribution in [0.15, 0.2) is 4.99 Å². The summed E-state index contributed by atoms with van der Waals surface area (Å²) >= 11 is 1.56. The smallest absolute Gasteiger partial charge is 0.333 e. The Labute approximate surface area is 194 Å². The van der Waals surface area contributed by atoms with E-state index in [2.05, 4.69) is 9.89 Å². The minimum Gasteiger partial charge on any atom is -1.00 e. The van der Waals surface area contributed by atoms with Gasteiger partial charge in [-0.15, -0.1) is 11.8 Å². The molecule has 0 bridgehead atoms. The summed E-state index contributed by atoms with van der Waals surface area (Å²) in [7, 11) is 0. The van der Waals surface area contributed by atoms with E-state index < -0.39 is 41.0 Å². The molecule has 0 aromatic rings. The summed E-state index contributed by atoms with van der Waals surface area (Å²) in [5, 5.41) is -0.176. The topological polar surface area (TPSA) is 88.5 Å². The lowest BCUT2D eigenvalue weighted by atomic mass is 9.96. The van der Waals surface area contributed by atoms with Gasteiger partial charge in [0.1, 0.15) is 11.4 Å². The van der Waals surface area contributed by atoms with Crippen molar-refractivity contribution < 1.29 is 36.3 Å². The third-order valence-electron chi connectivity index (χ3n) is 5.67. The number of nitrogens with zero attached hydrogens (tertiary/aromatic N) is 3. The zero-order valence-corrected chi connectivity index (χ0v) is 20.5. The Balaban J connectivity index is 0.00000341. The summed E-state index contributed by atoms with van der Waals surface area (Å²) in [6, 6.07) is -1.19. The number of rotatable bonds is 5. The Morgan fingerprint density at radius 3 is 2.35 bits per heavy atom. The third-order valence-corrected chi connectivity index (χ3v) is 7.23. The summed E-state index contributed by atoms with van der Waals surface area (Å²) in [6.45, 7) is 10.5. The Morgan fingerprint density at radius 1 is 1.16 bits per heavy atom. The zero-order chi connectivity index (χ0) is 22.1. The number of ether oxygens (including phenoxy) is 2. The number of β-lactam (4-membered cyclic amide) rings is 1. The maximum atomic E-state index is 12.8. The van der Waals surface area contributed by atoms with Crippen LogP contribution in [0.25, 0.3) is 0 Å². The van der Waals surface area contributed by atoms with Crippen LogP contribution in [0.1, 0.15) is 60.3 Å². The fourth-order valence-corrected chi connectivity index (χ4v) is 5.54. The van der Waals surface area contributed by atoms with Gasteiger partial charge in [0.15, 0.2) is 6.04 Å². The van der Waals surface area contributed by atoms with E-state index >= 15 is 0 Å². The molecular weight excluding hydrogens is 442 g/mol. The molecule has 3 heterocycles. The molecule has 0 aliphatic carbocycles. The predicted molar refractivity (Wildman–Crippen MR) is 115 cm³/mol. The van der Waals surface area contributed by atoms with Gasteiger partial charge in [0.05, 0.1) is 11.8 Å². The van der Waals surface area contributed by atoms with E-state index in [0.717, 1.165) is 25.9 Å². The van der Waals surface area contributed by atoms with Crippen molar-refractivity contribution in [2.24, 2.45) is 10.4 Å². The van der Waals surface area contributed by atoms with Crippen LogP contribution in [0, 0.1) is 5.41 Å². The number of amides is 1. The first kappa shape index (κ1) is 25.8. The van der Waals surface area contributed by atoms with Gasteiger partial charge in [0.2, 0.25) is 6.79 Å². The summed E-state index contributed by atoms with van der Waals surface area (Å²) < 4.78 is 9.71. The molecule has 176 valence electrons. The monoisotopic (exact) mass is 474 g/mol. The van der Waals surface area contributed by atoms with Gasteiger partial charge >= 0.3 is 11.9 Å². The minimum absolute atomic E-state index is 0. The molecule has 3 aliphatic rings. The molecule has 0 unspecified atom stereocenters. The lowest BCUT2D eigenvalue weighted by molar-refractivity contribution is -0.179. The molecule has 3 fully saturated rings. The second kappa shape index (κ2) is 9.98. The number of fused-ring (bicyclic) bond motifs is 1. The molecule has 1 amide bonds. The number of hydrogen-bond acceptors (Lipinski definition) is 7. The number of aliphatic imine (C=N–C) groups is 1. The standard InChI is InChI=1S/C21H33N3O5S.ClH/c1-20(2,3)19(27)29-13-28-18(26)15-21(4,5)30-17-14(16(25)24(15)17)22-12-23-10-8-6-7-9-11-23;/h12,14-15,17H,6-11,13H2,1-5H3;1H/p-1/t14-,15+,17-;/m1./s1. The Hall–Kier alpha value is -1.48. The SMILES string of the molecule is CC(C)(C)C(=O)OCOC(=O)[C@@H]1N2C(=O)[C@@H](N=CN3CCCCCC3)[C@H]2SC1(C)C.[Cl-]. The fourth-order valence-electron chi connectivity index (χ4n) is 3.92. The predicted octanol–water partition coefficient (Wildman–Crippen LogP) is -0.584. The number of halogens is 1.